The Labute approximate surface area is 146 Å². The molecule has 2 aromatic rings. The first-order chi connectivity index (χ1) is 11.7. The number of piperidine rings is 1. The third-order valence-electron chi connectivity index (χ3n) is 5.34. The first-order valence-corrected chi connectivity index (χ1v) is 9.27. The van der Waals surface area contributed by atoms with Crippen LogP contribution in [0.3, 0.4) is 0 Å². The van der Waals surface area contributed by atoms with Crippen LogP contribution in [0.4, 0.5) is 4.79 Å². The van der Waals surface area contributed by atoms with Gasteiger partial charge >= 0.3 is 6.03 Å². The summed E-state index contributed by atoms with van der Waals surface area (Å²) in [4.78, 5) is 14.3. The zero-order valence-corrected chi connectivity index (χ0v) is 14.5. The fraction of sp³-hybridized carbons (Fsp3) is 0.556. The topological polar surface area (TPSA) is 50.2 Å². The van der Waals surface area contributed by atoms with Gasteiger partial charge in [0.05, 0.1) is 17.8 Å². The second-order valence-electron chi connectivity index (χ2n) is 6.94. The van der Waals surface area contributed by atoms with Crippen LogP contribution >= 0.6 is 11.6 Å². The Morgan fingerprint density at radius 3 is 2.67 bits per heavy atom. The van der Waals surface area contributed by atoms with Crippen molar-refractivity contribution in [3.8, 4) is 0 Å². The number of carbonyl (C=O) groups excluding carboxylic acids is 1. The molecule has 2 amide bonds. The Morgan fingerprint density at radius 2 is 1.92 bits per heavy atom. The van der Waals surface area contributed by atoms with Crippen molar-refractivity contribution in [2.45, 2.75) is 50.6 Å². The van der Waals surface area contributed by atoms with Gasteiger partial charge in [-0.3, -0.25) is 4.68 Å². The SMILES string of the molecule is O=C(NC1CCCC1)N1CCC(n2ncc3cc(Cl)ccc32)CC1. The van der Waals surface area contributed by atoms with Crippen LogP contribution in [-0.2, 0) is 0 Å². The Kier molecular flexibility index (Phi) is 4.35. The first kappa shape index (κ1) is 15.8. The maximum Gasteiger partial charge on any atom is 0.317 e. The number of urea groups is 1. The molecular formula is C18H23ClN4O. The van der Waals surface area contributed by atoms with Crippen LogP contribution in [0.1, 0.15) is 44.6 Å². The standard InChI is InChI=1S/C18H23ClN4O/c19-14-5-6-17-13(11-14)12-20-23(17)16-7-9-22(10-8-16)18(24)21-15-3-1-2-4-15/h5-6,11-12,15-16H,1-4,7-10H2,(H,21,24). The van der Waals surface area contributed by atoms with E-state index in [9.17, 15) is 4.79 Å². The molecule has 0 unspecified atom stereocenters. The van der Waals surface area contributed by atoms with Crippen LogP contribution in [0.2, 0.25) is 5.02 Å². The molecule has 1 saturated heterocycles. The van der Waals surface area contributed by atoms with Crippen LogP contribution in [0.15, 0.2) is 24.4 Å². The molecule has 0 bridgehead atoms. The fourth-order valence-electron chi connectivity index (χ4n) is 3.96. The highest BCUT2D eigenvalue weighted by Crippen LogP contribution is 2.28. The van der Waals surface area contributed by atoms with Crippen LogP contribution in [0, 0.1) is 0 Å². The molecule has 0 atom stereocenters. The molecule has 0 radical (unpaired) electrons. The number of aromatic nitrogens is 2. The van der Waals surface area contributed by atoms with Gasteiger partial charge in [-0.1, -0.05) is 24.4 Å². The van der Waals surface area contributed by atoms with Gasteiger partial charge in [-0.2, -0.15) is 5.10 Å². The largest absolute Gasteiger partial charge is 0.335 e. The minimum absolute atomic E-state index is 0.109. The molecule has 128 valence electrons. The van der Waals surface area contributed by atoms with Crippen molar-refractivity contribution in [2.75, 3.05) is 13.1 Å². The molecule has 0 spiro atoms. The van der Waals surface area contributed by atoms with E-state index in [0.29, 0.717) is 12.1 Å². The summed E-state index contributed by atoms with van der Waals surface area (Å²) >= 11 is 6.05. The van der Waals surface area contributed by atoms with Crippen molar-refractivity contribution in [1.29, 1.82) is 0 Å². The van der Waals surface area contributed by atoms with Gasteiger partial charge in [-0.05, 0) is 43.9 Å². The van der Waals surface area contributed by atoms with Crippen molar-refractivity contribution in [2.24, 2.45) is 0 Å². The molecule has 1 aliphatic carbocycles. The maximum atomic E-state index is 12.4. The monoisotopic (exact) mass is 346 g/mol. The molecule has 6 heteroatoms. The molecule has 1 aromatic carbocycles. The zero-order chi connectivity index (χ0) is 16.5. The third kappa shape index (κ3) is 3.09. The number of hydrogen-bond donors (Lipinski definition) is 1. The second-order valence-corrected chi connectivity index (χ2v) is 7.38. The molecule has 1 N–H and O–H groups in total. The van der Waals surface area contributed by atoms with E-state index >= 15 is 0 Å². The molecule has 1 aromatic heterocycles. The number of carbonyl (C=O) groups is 1. The van der Waals surface area contributed by atoms with Gasteiger partial charge in [0.15, 0.2) is 0 Å². The number of amides is 2. The Bertz CT molecular complexity index is 730. The van der Waals surface area contributed by atoms with E-state index in [4.69, 9.17) is 11.6 Å². The number of likely N-dealkylation sites (tertiary alicyclic amines) is 1. The summed E-state index contributed by atoms with van der Waals surface area (Å²) in [7, 11) is 0. The lowest BCUT2D eigenvalue weighted by molar-refractivity contribution is 0.166. The molecule has 2 aliphatic rings. The summed E-state index contributed by atoms with van der Waals surface area (Å²) in [6.07, 6.45) is 8.50. The summed E-state index contributed by atoms with van der Waals surface area (Å²) in [5, 5.41) is 9.55. The van der Waals surface area contributed by atoms with Crippen LogP contribution in [0.5, 0.6) is 0 Å². The van der Waals surface area contributed by atoms with Gasteiger partial charge in [-0.25, -0.2) is 4.79 Å². The van der Waals surface area contributed by atoms with Gasteiger partial charge in [0.25, 0.3) is 0 Å². The number of nitrogens with zero attached hydrogens (tertiary/aromatic N) is 3. The van der Waals surface area contributed by atoms with Gasteiger partial charge < -0.3 is 10.2 Å². The third-order valence-corrected chi connectivity index (χ3v) is 5.57. The van der Waals surface area contributed by atoms with Crippen molar-refractivity contribution in [3.05, 3.63) is 29.4 Å². The molecule has 2 heterocycles. The lowest BCUT2D eigenvalue weighted by atomic mass is 10.1. The summed E-state index contributed by atoms with van der Waals surface area (Å²) < 4.78 is 2.10. The fourth-order valence-corrected chi connectivity index (χ4v) is 4.15. The number of halogens is 1. The number of rotatable bonds is 2. The molecule has 1 aliphatic heterocycles. The highest BCUT2D eigenvalue weighted by Gasteiger charge is 2.27. The van der Waals surface area contributed by atoms with E-state index in [-0.39, 0.29) is 6.03 Å². The average molecular weight is 347 g/mol. The summed E-state index contributed by atoms with van der Waals surface area (Å²) in [6, 6.07) is 6.73. The van der Waals surface area contributed by atoms with Gasteiger partial charge in [0.2, 0.25) is 0 Å². The average Bonchev–Trinajstić information content (AvgIpc) is 3.24. The Balaban J connectivity index is 1.39. The highest BCUT2D eigenvalue weighted by molar-refractivity contribution is 6.31. The predicted molar refractivity (Wildman–Crippen MR) is 95.4 cm³/mol. The first-order valence-electron chi connectivity index (χ1n) is 8.89. The quantitative estimate of drug-likeness (QED) is 0.894. The smallest absolute Gasteiger partial charge is 0.317 e. The van der Waals surface area contributed by atoms with Crippen LogP contribution in [0.25, 0.3) is 10.9 Å². The highest BCUT2D eigenvalue weighted by atomic mass is 35.5. The van der Waals surface area contributed by atoms with E-state index in [1.165, 1.54) is 12.8 Å². The van der Waals surface area contributed by atoms with E-state index in [2.05, 4.69) is 15.1 Å². The number of nitrogens with one attached hydrogen (secondary N) is 1. The second kappa shape index (κ2) is 6.63. The summed E-state index contributed by atoms with van der Waals surface area (Å²) in [5.41, 5.74) is 1.12. The Hall–Kier alpha value is -1.75. The van der Waals surface area contributed by atoms with E-state index in [1.54, 1.807) is 0 Å². The summed E-state index contributed by atoms with van der Waals surface area (Å²) in [5.74, 6) is 0. The number of hydrogen-bond acceptors (Lipinski definition) is 2. The lowest BCUT2D eigenvalue weighted by Gasteiger charge is -2.33. The van der Waals surface area contributed by atoms with Gasteiger partial charge in [-0.15, -0.1) is 0 Å². The normalized spacial score (nSPS) is 20.0. The minimum Gasteiger partial charge on any atom is -0.335 e. The summed E-state index contributed by atoms with van der Waals surface area (Å²) in [6.45, 7) is 1.58. The molecular weight excluding hydrogens is 324 g/mol. The molecule has 1 saturated carbocycles. The van der Waals surface area contributed by atoms with E-state index in [0.717, 1.165) is 54.7 Å². The Morgan fingerprint density at radius 1 is 1.17 bits per heavy atom. The predicted octanol–water partition coefficient (Wildman–Crippen LogP) is 3.98. The minimum atomic E-state index is 0.109. The van der Waals surface area contributed by atoms with Crippen molar-refractivity contribution in [1.82, 2.24) is 20.0 Å². The van der Waals surface area contributed by atoms with Crippen molar-refractivity contribution < 1.29 is 4.79 Å². The van der Waals surface area contributed by atoms with Crippen LogP contribution in [-0.4, -0.2) is 39.8 Å². The van der Waals surface area contributed by atoms with E-state index < -0.39 is 0 Å². The van der Waals surface area contributed by atoms with E-state index in [1.807, 2.05) is 29.3 Å². The molecule has 24 heavy (non-hydrogen) atoms. The number of benzene rings is 1. The maximum absolute atomic E-state index is 12.4. The zero-order valence-electron chi connectivity index (χ0n) is 13.7. The number of fused-ring (bicyclic) bond motifs is 1. The molecule has 5 nitrogen and oxygen atoms in total. The molecule has 2 fully saturated rings. The van der Waals surface area contributed by atoms with Crippen molar-refractivity contribution >= 4 is 28.5 Å². The van der Waals surface area contributed by atoms with Crippen molar-refractivity contribution in [3.63, 3.8) is 0 Å². The lowest BCUT2D eigenvalue weighted by Crippen LogP contribution is -2.47. The van der Waals surface area contributed by atoms with Gasteiger partial charge in [0.1, 0.15) is 0 Å². The molecule has 4 rings (SSSR count). The van der Waals surface area contributed by atoms with Crippen LogP contribution < -0.4 is 5.32 Å². The van der Waals surface area contributed by atoms with Gasteiger partial charge in [0, 0.05) is 29.5 Å².